The topological polar surface area (TPSA) is 148 Å². The van der Waals surface area contributed by atoms with Crippen molar-refractivity contribution < 1.29 is 24.0 Å². The van der Waals surface area contributed by atoms with Crippen molar-refractivity contribution in [3.05, 3.63) is 105 Å². The minimum atomic E-state index is -1.54. The summed E-state index contributed by atoms with van der Waals surface area (Å²) in [4.78, 5) is 55.3. The molecule has 3 amide bonds. The largest absolute Gasteiger partial charge is 0.496 e. The van der Waals surface area contributed by atoms with Crippen LogP contribution in [0.15, 0.2) is 83.3 Å². The fraction of sp³-hybridized carbons (Fsp3) is 0.219. The lowest BCUT2D eigenvalue weighted by atomic mass is 9.83. The van der Waals surface area contributed by atoms with Crippen LogP contribution in [0.2, 0.25) is 0 Å². The highest BCUT2D eigenvalue weighted by molar-refractivity contribution is 9.10. The SMILES string of the molecule is CNC(C)(C(N)=O)[C@@H]1CN(C(=O)c2ccc([N+](=O)[O-])cc2)c2ccccc2N(Cc2c(OC)ccc3cc(Br)ccc23)C1=O. The summed E-state index contributed by atoms with van der Waals surface area (Å²) in [5.41, 5.74) is 5.95. The molecule has 12 heteroatoms. The predicted octanol–water partition coefficient (Wildman–Crippen LogP) is 4.79. The minimum Gasteiger partial charge on any atom is -0.496 e. The van der Waals surface area contributed by atoms with E-state index in [9.17, 15) is 24.5 Å². The molecular weight excluding hydrogens is 630 g/mol. The number of primary amides is 1. The van der Waals surface area contributed by atoms with Crippen LogP contribution in [0.25, 0.3) is 10.8 Å². The van der Waals surface area contributed by atoms with E-state index in [2.05, 4.69) is 21.2 Å². The Morgan fingerprint density at radius 3 is 2.39 bits per heavy atom. The molecule has 226 valence electrons. The van der Waals surface area contributed by atoms with Crippen molar-refractivity contribution in [2.24, 2.45) is 11.7 Å². The second kappa shape index (κ2) is 12.1. The predicted molar refractivity (Wildman–Crippen MR) is 171 cm³/mol. The van der Waals surface area contributed by atoms with Crippen LogP contribution in [-0.4, -0.2) is 48.9 Å². The molecule has 0 radical (unpaired) electrons. The van der Waals surface area contributed by atoms with Gasteiger partial charge in [-0.15, -0.1) is 0 Å². The molecule has 1 unspecified atom stereocenters. The van der Waals surface area contributed by atoms with Gasteiger partial charge in [0.25, 0.3) is 11.6 Å². The summed E-state index contributed by atoms with van der Waals surface area (Å²) in [7, 11) is 3.09. The normalized spacial score (nSPS) is 16.2. The Morgan fingerprint density at radius 2 is 1.77 bits per heavy atom. The molecule has 0 bridgehead atoms. The molecule has 0 aliphatic carbocycles. The first kappa shape index (κ1) is 30.6. The van der Waals surface area contributed by atoms with Gasteiger partial charge < -0.3 is 25.6 Å². The molecule has 3 N–H and O–H groups in total. The minimum absolute atomic E-state index is 0.0621. The van der Waals surface area contributed by atoms with Crippen molar-refractivity contribution in [2.45, 2.75) is 19.0 Å². The third-order valence-corrected chi connectivity index (χ3v) is 8.77. The maximum atomic E-state index is 14.7. The second-order valence-electron chi connectivity index (χ2n) is 10.6. The number of ether oxygens (including phenoxy) is 1. The van der Waals surface area contributed by atoms with Crippen LogP contribution in [0, 0.1) is 16.0 Å². The molecule has 0 spiro atoms. The quantitative estimate of drug-likeness (QED) is 0.204. The number of hydrogen-bond acceptors (Lipinski definition) is 7. The van der Waals surface area contributed by atoms with Crippen LogP contribution in [0.5, 0.6) is 5.75 Å². The van der Waals surface area contributed by atoms with Crippen LogP contribution in [0.3, 0.4) is 0 Å². The number of para-hydroxylation sites is 2. The number of rotatable bonds is 8. The molecule has 4 aromatic rings. The molecular formula is C32H30BrN5O6. The Labute approximate surface area is 261 Å². The van der Waals surface area contributed by atoms with Gasteiger partial charge in [-0.1, -0.05) is 40.2 Å². The number of nitro benzene ring substituents is 1. The number of non-ortho nitro benzene ring substituents is 1. The summed E-state index contributed by atoms with van der Waals surface area (Å²) in [6.07, 6.45) is 0. The lowest BCUT2D eigenvalue weighted by Crippen LogP contribution is -2.63. The molecule has 0 aromatic heterocycles. The number of hydrogen-bond donors (Lipinski definition) is 2. The number of carbonyl (C=O) groups is 3. The first-order valence-electron chi connectivity index (χ1n) is 13.7. The van der Waals surface area contributed by atoms with Gasteiger partial charge in [-0.05, 0) is 67.2 Å². The third-order valence-electron chi connectivity index (χ3n) is 8.28. The highest BCUT2D eigenvalue weighted by Crippen LogP contribution is 2.40. The number of likely N-dealkylation sites (N-methyl/N-ethyl adjacent to an activating group) is 1. The van der Waals surface area contributed by atoms with E-state index in [4.69, 9.17) is 10.5 Å². The van der Waals surface area contributed by atoms with E-state index in [0.29, 0.717) is 17.1 Å². The van der Waals surface area contributed by atoms with E-state index in [-0.39, 0.29) is 24.3 Å². The van der Waals surface area contributed by atoms with E-state index in [1.807, 2.05) is 30.3 Å². The van der Waals surface area contributed by atoms with Gasteiger partial charge in [-0.2, -0.15) is 0 Å². The first-order valence-corrected chi connectivity index (χ1v) is 14.5. The molecule has 11 nitrogen and oxygen atoms in total. The average molecular weight is 661 g/mol. The molecule has 44 heavy (non-hydrogen) atoms. The molecule has 2 atom stereocenters. The van der Waals surface area contributed by atoms with Gasteiger partial charge in [0, 0.05) is 34.3 Å². The summed E-state index contributed by atoms with van der Waals surface area (Å²) in [6, 6.07) is 21.8. The Morgan fingerprint density at radius 1 is 1.09 bits per heavy atom. The van der Waals surface area contributed by atoms with Crippen LogP contribution in [0.1, 0.15) is 22.8 Å². The molecule has 0 saturated heterocycles. The van der Waals surface area contributed by atoms with Crippen LogP contribution < -0.4 is 25.6 Å². The zero-order valence-electron chi connectivity index (χ0n) is 24.2. The van der Waals surface area contributed by atoms with Crippen molar-refractivity contribution in [1.82, 2.24) is 5.32 Å². The van der Waals surface area contributed by atoms with Crippen molar-refractivity contribution in [3.8, 4) is 5.75 Å². The molecule has 4 aromatic carbocycles. The summed E-state index contributed by atoms with van der Waals surface area (Å²) < 4.78 is 6.62. The van der Waals surface area contributed by atoms with Gasteiger partial charge in [-0.25, -0.2) is 0 Å². The Bertz CT molecular complexity index is 1800. The number of nitrogens with zero attached hydrogens (tertiary/aromatic N) is 3. The van der Waals surface area contributed by atoms with Gasteiger partial charge in [0.15, 0.2) is 0 Å². The zero-order chi connectivity index (χ0) is 31.8. The standard InChI is InChI=1S/C32H30BrN5O6/c1-32(35-2,31(34)41)25-18-37(29(39)19-8-12-22(13-9-19)38(42)43)27-7-5-4-6-26(27)36(30(25)40)17-24-23-14-11-21(33)16-20(23)10-15-28(24)44-3/h4-16,25,35H,17-18H2,1-3H3,(H2,34,41)/t25-,32?/m1/s1. The lowest BCUT2D eigenvalue weighted by Gasteiger charge is -2.36. The fourth-order valence-corrected chi connectivity index (χ4v) is 5.96. The van der Waals surface area contributed by atoms with E-state index in [0.717, 1.165) is 20.8 Å². The van der Waals surface area contributed by atoms with Crippen molar-refractivity contribution in [2.75, 3.05) is 30.5 Å². The Hall–Kier alpha value is -4.81. The monoisotopic (exact) mass is 659 g/mol. The number of nitro groups is 1. The number of benzene rings is 4. The zero-order valence-corrected chi connectivity index (χ0v) is 25.8. The number of carbonyl (C=O) groups excluding carboxylic acids is 3. The van der Waals surface area contributed by atoms with Crippen LogP contribution in [0.4, 0.5) is 17.1 Å². The maximum absolute atomic E-state index is 14.7. The average Bonchev–Trinajstić information content (AvgIpc) is 3.14. The number of nitrogens with one attached hydrogen (secondary N) is 1. The fourth-order valence-electron chi connectivity index (χ4n) is 5.58. The second-order valence-corrected chi connectivity index (χ2v) is 11.5. The van der Waals surface area contributed by atoms with Crippen molar-refractivity contribution in [3.63, 3.8) is 0 Å². The van der Waals surface area contributed by atoms with E-state index < -0.39 is 34.1 Å². The molecule has 5 rings (SSSR count). The number of anilines is 2. The summed E-state index contributed by atoms with van der Waals surface area (Å²) in [6.45, 7) is 1.41. The molecule has 0 saturated carbocycles. The highest BCUT2D eigenvalue weighted by atomic mass is 79.9. The molecule has 1 aliphatic heterocycles. The smallest absolute Gasteiger partial charge is 0.269 e. The van der Waals surface area contributed by atoms with Gasteiger partial charge in [0.1, 0.15) is 11.3 Å². The number of halogens is 1. The molecule has 0 fully saturated rings. The van der Waals surface area contributed by atoms with Crippen molar-refractivity contribution in [1.29, 1.82) is 0 Å². The number of fused-ring (bicyclic) bond motifs is 2. The summed E-state index contributed by atoms with van der Waals surface area (Å²) in [5.74, 6) is -2.24. The van der Waals surface area contributed by atoms with Crippen LogP contribution >= 0.6 is 15.9 Å². The number of nitrogens with two attached hydrogens (primary N) is 1. The molecule has 1 aliphatic rings. The summed E-state index contributed by atoms with van der Waals surface area (Å²) >= 11 is 3.52. The van der Waals surface area contributed by atoms with Gasteiger partial charge in [0.05, 0.1) is 35.9 Å². The summed E-state index contributed by atoms with van der Waals surface area (Å²) in [5, 5.41) is 15.9. The Balaban J connectivity index is 1.71. The number of methoxy groups -OCH3 is 1. The Kier molecular flexibility index (Phi) is 8.40. The van der Waals surface area contributed by atoms with Crippen molar-refractivity contribution >= 4 is 61.5 Å². The van der Waals surface area contributed by atoms with Gasteiger partial charge in [-0.3, -0.25) is 24.5 Å². The van der Waals surface area contributed by atoms with Gasteiger partial charge >= 0.3 is 0 Å². The van der Waals surface area contributed by atoms with E-state index in [1.165, 1.54) is 43.1 Å². The van der Waals surface area contributed by atoms with Gasteiger partial charge in [0.2, 0.25) is 11.8 Å². The molecule has 1 heterocycles. The van der Waals surface area contributed by atoms with Crippen LogP contribution in [-0.2, 0) is 16.1 Å². The first-order chi connectivity index (χ1) is 21.0. The van der Waals surface area contributed by atoms with E-state index in [1.54, 1.807) is 36.3 Å². The third kappa shape index (κ3) is 5.38. The maximum Gasteiger partial charge on any atom is 0.269 e. The number of amides is 3. The van der Waals surface area contributed by atoms with E-state index >= 15 is 0 Å². The highest BCUT2D eigenvalue weighted by Gasteiger charge is 2.49. The lowest BCUT2D eigenvalue weighted by molar-refractivity contribution is -0.384.